The van der Waals surface area contributed by atoms with Gasteiger partial charge in [-0.2, -0.15) is 0 Å². The van der Waals surface area contributed by atoms with Gasteiger partial charge in [0.25, 0.3) is 0 Å². The lowest BCUT2D eigenvalue weighted by molar-refractivity contribution is -0.0260. The summed E-state index contributed by atoms with van der Waals surface area (Å²) in [5, 5.41) is 10.1. The predicted octanol–water partition coefficient (Wildman–Crippen LogP) is 4.68. The summed E-state index contributed by atoms with van der Waals surface area (Å²) in [6.07, 6.45) is 12.7. The molecule has 1 heteroatoms. The van der Waals surface area contributed by atoms with Gasteiger partial charge in [-0.3, -0.25) is 0 Å². The average Bonchev–Trinajstić information content (AvgIpc) is 2.27. The van der Waals surface area contributed by atoms with Crippen molar-refractivity contribution in [1.82, 2.24) is 0 Å². The third kappa shape index (κ3) is 4.08. The van der Waals surface area contributed by atoms with Crippen LogP contribution in [-0.2, 0) is 0 Å². The number of unbranched alkanes of at least 4 members (excludes halogenated alkanes) is 2. The minimum Gasteiger partial charge on any atom is -0.390 e. The van der Waals surface area contributed by atoms with Crippen molar-refractivity contribution in [3.05, 3.63) is 0 Å². The van der Waals surface area contributed by atoms with Crippen LogP contribution in [0.3, 0.4) is 0 Å². The van der Waals surface area contributed by atoms with E-state index in [4.69, 9.17) is 0 Å². The van der Waals surface area contributed by atoms with Gasteiger partial charge in [-0.05, 0) is 50.9 Å². The van der Waals surface area contributed by atoms with Gasteiger partial charge in [0, 0.05) is 0 Å². The molecule has 1 saturated carbocycles. The Morgan fingerprint density at radius 2 is 1.31 bits per heavy atom. The second-order valence-corrected chi connectivity index (χ2v) is 6.20. The van der Waals surface area contributed by atoms with Crippen LogP contribution >= 0.6 is 0 Å². The van der Waals surface area contributed by atoms with Crippen LogP contribution in [-0.4, -0.2) is 10.7 Å². The molecule has 0 radical (unpaired) electrons. The lowest BCUT2D eigenvalue weighted by atomic mass is 9.64. The molecule has 0 spiro atoms. The van der Waals surface area contributed by atoms with Gasteiger partial charge in [0.2, 0.25) is 0 Å². The van der Waals surface area contributed by atoms with Crippen LogP contribution in [0.2, 0.25) is 0 Å². The van der Waals surface area contributed by atoms with Gasteiger partial charge in [0.05, 0.1) is 5.60 Å². The summed E-state index contributed by atoms with van der Waals surface area (Å²) in [5.74, 6) is 0. The number of hydrogen-bond donors (Lipinski definition) is 1. The SMILES string of the molecule is CCCCC1(CCCC)CCC(C)(O)CC1. The fourth-order valence-corrected chi connectivity index (χ4v) is 3.05. The van der Waals surface area contributed by atoms with Crippen molar-refractivity contribution >= 4 is 0 Å². The summed E-state index contributed by atoms with van der Waals surface area (Å²) < 4.78 is 0. The monoisotopic (exact) mass is 226 g/mol. The molecule has 0 bridgehead atoms. The second kappa shape index (κ2) is 6.05. The fraction of sp³-hybridized carbons (Fsp3) is 1.00. The Hall–Kier alpha value is -0.0400. The highest BCUT2D eigenvalue weighted by Gasteiger charge is 2.38. The van der Waals surface area contributed by atoms with Crippen molar-refractivity contribution in [1.29, 1.82) is 0 Å². The highest BCUT2D eigenvalue weighted by molar-refractivity contribution is 4.90. The van der Waals surface area contributed by atoms with E-state index < -0.39 is 0 Å². The zero-order valence-corrected chi connectivity index (χ0v) is 11.5. The first-order chi connectivity index (χ1) is 7.54. The van der Waals surface area contributed by atoms with Crippen LogP contribution < -0.4 is 0 Å². The third-order valence-corrected chi connectivity index (χ3v) is 4.51. The van der Waals surface area contributed by atoms with Gasteiger partial charge in [-0.15, -0.1) is 0 Å². The van der Waals surface area contributed by atoms with Gasteiger partial charge < -0.3 is 5.11 Å². The van der Waals surface area contributed by atoms with Gasteiger partial charge in [0.1, 0.15) is 0 Å². The zero-order valence-electron chi connectivity index (χ0n) is 11.5. The van der Waals surface area contributed by atoms with Crippen LogP contribution in [0.15, 0.2) is 0 Å². The van der Waals surface area contributed by atoms with Gasteiger partial charge in [0.15, 0.2) is 0 Å². The molecular formula is C15H30O. The molecule has 1 fully saturated rings. The van der Waals surface area contributed by atoms with E-state index in [0.29, 0.717) is 5.41 Å². The Balaban J connectivity index is 2.51. The molecule has 0 atom stereocenters. The topological polar surface area (TPSA) is 20.2 Å². The summed E-state index contributed by atoms with van der Waals surface area (Å²) in [6.45, 7) is 6.58. The van der Waals surface area contributed by atoms with Crippen molar-refractivity contribution in [3.63, 3.8) is 0 Å². The van der Waals surface area contributed by atoms with Gasteiger partial charge in [-0.25, -0.2) is 0 Å². The summed E-state index contributed by atoms with van der Waals surface area (Å²) >= 11 is 0. The smallest absolute Gasteiger partial charge is 0.0620 e. The molecule has 96 valence electrons. The van der Waals surface area contributed by atoms with Crippen molar-refractivity contribution in [2.24, 2.45) is 5.41 Å². The highest BCUT2D eigenvalue weighted by Crippen LogP contribution is 2.47. The number of rotatable bonds is 6. The van der Waals surface area contributed by atoms with Crippen molar-refractivity contribution in [2.45, 2.75) is 90.6 Å². The Kier molecular flexibility index (Phi) is 5.30. The van der Waals surface area contributed by atoms with E-state index >= 15 is 0 Å². The molecule has 1 rings (SSSR count). The minimum atomic E-state index is -0.373. The molecule has 16 heavy (non-hydrogen) atoms. The molecule has 1 nitrogen and oxygen atoms in total. The van der Waals surface area contributed by atoms with E-state index in [1.807, 2.05) is 6.92 Å². The Bertz CT molecular complexity index is 176. The zero-order chi connectivity index (χ0) is 12.1. The van der Waals surface area contributed by atoms with Crippen LogP contribution in [0.25, 0.3) is 0 Å². The van der Waals surface area contributed by atoms with E-state index in [2.05, 4.69) is 13.8 Å². The third-order valence-electron chi connectivity index (χ3n) is 4.51. The van der Waals surface area contributed by atoms with Gasteiger partial charge in [-0.1, -0.05) is 39.5 Å². The fourth-order valence-electron chi connectivity index (χ4n) is 3.05. The first-order valence-corrected chi connectivity index (χ1v) is 7.26. The first-order valence-electron chi connectivity index (χ1n) is 7.26. The molecule has 0 unspecified atom stereocenters. The van der Waals surface area contributed by atoms with Gasteiger partial charge >= 0.3 is 0 Å². The molecular weight excluding hydrogens is 196 g/mol. The predicted molar refractivity (Wildman–Crippen MR) is 70.6 cm³/mol. The molecule has 0 saturated heterocycles. The second-order valence-electron chi connectivity index (χ2n) is 6.20. The maximum atomic E-state index is 10.1. The minimum absolute atomic E-state index is 0.373. The van der Waals surface area contributed by atoms with E-state index in [1.165, 1.54) is 51.4 Å². The maximum absolute atomic E-state index is 10.1. The first kappa shape index (κ1) is 14.0. The molecule has 1 N–H and O–H groups in total. The van der Waals surface area contributed by atoms with Crippen LogP contribution in [0.5, 0.6) is 0 Å². The number of hydrogen-bond acceptors (Lipinski definition) is 1. The van der Waals surface area contributed by atoms with Crippen molar-refractivity contribution < 1.29 is 5.11 Å². The summed E-state index contributed by atoms with van der Waals surface area (Å²) in [5.41, 5.74) is 0.205. The Morgan fingerprint density at radius 1 is 0.875 bits per heavy atom. The van der Waals surface area contributed by atoms with Crippen molar-refractivity contribution in [2.75, 3.05) is 0 Å². The molecule has 0 aromatic heterocycles. The Labute approximate surface area is 102 Å². The standard InChI is InChI=1S/C15H30O/c1-4-6-8-15(9-7-5-2)12-10-14(3,16)11-13-15/h16H,4-13H2,1-3H3. The molecule has 0 aromatic rings. The quantitative estimate of drug-likeness (QED) is 0.697. The average molecular weight is 226 g/mol. The van der Waals surface area contributed by atoms with E-state index in [9.17, 15) is 5.11 Å². The normalized spacial score (nSPS) is 23.2. The summed E-state index contributed by atoms with van der Waals surface area (Å²) in [7, 11) is 0. The van der Waals surface area contributed by atoms with Crippen LogP contribution in [0.1, 0.15) is 85.0 Å². The molecule has 0 aliphatic heterocycles. The van der Waals surface area contributed by atoms with Crippen molar-refractivity contribution in [3.8, 4) is 0 Å². The molecule has 0 aromatic carbocycles. The molecule has 0 amide bonds. The van der Waals surface area contributed by atoms with Crippen LogP contribution in [0, 0.1) is 5.41 Å². The molecule has 1 aliphatic carbocycles. The lowest BCUT2D eigenvalue weighted by Crippen LogP contribution is -2.36. The highest BCUT2D eigenvalue weighted by atomic mass is 16.3. The Morgan fingerprint density at radius 3 is 1.69 bits per heavy atom. The lowest BCUT2D eigenvalue weighted by Gasteiger charge is -2.43. The summed E-state index contributed by atoms with van der Waals surface area (Å²) in [6, 6.07) is 0. The van der Waals surface area contributed by atoms with E-state index in [1.54, 1.807) is 0 Å². The molecule has 1 aliphatic rings. The van der Waals surface area contributed by atoms with Crippen LogP contribution in [0.4, 0.5) is 0 Å². The largest absolute Gasteiger partial charge is 0.390 e. The number of aliphatic hydroxyl groups is 1. The van der Waals surface area contributed by atoms with E-state index in [0.717, 1.165) is 12.8 Å². The summed E-state index contributed by atoms with van der Waals surface area (Å²) in [4.78, 5) is 0. The molecule has 0 heterocycles. The van der Waals surface area contributed by atoms with E-state index in [-0.39, 0.29) is 5.60 Å². The maximum Gasteiger partial charge on any atom is 0.0620 e.